The Labute approximate surface area is 85.0 Å². The molecule has 0 unspecified atom stereocenters. The molecular weight excluding hydrogens is 201 g/mol. The highest BCUT2D eigenvalue weighted by Gasteiger charge is 2.21. The molecule has 1 N–H and O–H groups in total. The van der Waals surface area contributed by atoms with Gasteiger partial charge in [-0.2, -0.15) is 0 Å². The highest BCUT2D eigenvalue weighted by molar-refractivity contribution is 7.85. The Bertz CT molecular complexity index is 332. The van der Waals surface area contributed by atoms with Gasteiger partial charge in [0.15, 0.2) is 0 Å². The minimum atomic E-state index is -0.996. The average Bonchev–Trinajstić information content (AvgIpc) is 2.71. The molecule has 76 valence electrons. The first-order valence-corrected chi connectivity index (χ1v) is 5.85. The Morgan fingerprint density at radius 2 is 2.07 bits per heavy atom. The number of hydrogen-bond donors (Lipinski definition) is 1. The molecule has 1 fully saturated rings. The molecule has 0 radical (unpaired) electrons. The SMILES string of the molecule is O=[S@](c1ccc(F)cc1)[C@H]1CCNC1. The van der Waals surface area contributed by atoms with E-state index in [9.17, 15) is 8.60 Å². The number of hydrogen-bond acceptors (Lipinski definition) is 2. The summed E-state index contributed by atoms with van der Waals surface area (Å²) in [4.78, 5) is 0.722. The smallest absolute Gasteiger partial charge is 0.123 e. The van der Waals surface area contributed by atoms with Gasteiger partial charge in [0.2, 0.25) is 0 Å². The van der Waals surface area contributed by atoms with Crippen LogP contribution in [0.3, 0.4) is 0 Å². The molecule has 0 aromatic heterocycles. The van der Waals surface area contributed by atoms with Gasteiger partial charge in [0.05, 0.1) is 16.0 Å². The zero-order valence-corrected chi connectivity index (χ0v) is 8.52. The fourth-order valence-electron chi connectivity index (χ4n) is 1.57. The molecule has 14 heavy (non-hydrogen) atoms. The monoisotopic (exact) mass is 213 g/mol. The molecule has 4 heteroatoms. The van der Waals surface area contributed by atoms with Crippen LogP contribution in [0.1, 0.15) is 6.42 Å². The second kappa shape index (κ2) is 4.19. The van der Waals surface area contributed by atoms with Gasteiger partial charge in [0.1, 0.15) is 5.82 Å². The quantitative estimate of drug-likeness (QED) is 0.802. The van der Waals surface area contributed by atoms with E-state index in [1.54, 1.807) is 12.1 Å². The van der Waals surface area contributed by atoms with Crippen LogP contribution in [0.25, 0.3) is 0 Å². The number of rotatable bonds is 2. The van der Waals surface area contributed by atoms with Crippen LogP contribution in [0, 0.1) is 5.82 Å². The summed E-state index contributed by atoms with van der Waals surface area (Å²) in [7, 11) is -0.996. The van der Waals surface area contributed by atoms with Gasteiger partial charge in [-0.1, -0.05) is 0 Å². The Balaban J connectivity index is 2.14. The van der Waals surface area contributed by atoms with Crippen molar-refractivity contribution in [1.29, 1.82) is 0 Å². The van der Waals surface area contributed by atoms with Crippen molar-refractivity contribution >= 4 is 10.8 Å². The predicted octanol–water partition coefficient (Wildman–Crippen LogP) is 1.30. The Hall–Kier alpha value is -0.740. The first-order chi connectivity index (χ1) is 6.77. The fraction of sp³-hybridized carbons (Fsp3) is 0.400. The van der Waals surface area contributed by atoms with Crippen molar-refractivity contribution in [3.05, 3.63) is 30.1 Å². The van der Waals surface area contributed by atoms with E-state index in [0.29, 0.717) is 0 Å². The normalized spacial score (nSPS) is 23.6. The van der Waals surface area contributed by atoms with E-state index in [1.807, 2.05) is 0 Å². The first kappa shape index (κ1) is 9.80. The summed E-state index contributed by atoms with van der Waals surface area (Å²) in [5, 5.41) is 3.35. The number of nitrogens with one attached hydrogen (secondary N) is 1. The van der Waals surface area contributed by atoms with E-state index in [4.69, 9.17) is 0 Å². The van der Waals surface area contributed by atoms with Crippen LogP contribution >= 0.6 is 0 Å². The number of benzene rings is 1. The summed E-state index contributed by atoms with van der Waals surface area (Å²) in [6.07, 6.45) is 0.935. The molecule has 0 amide bonds. The van der Waals surface area contributed by atoms with Crippen LogP contribution in [0.5, 0.6) is 0 Å². The lowest BCUT2D eigenvalue weighted by atomic mass is 10.3. The molecule has 2 rings (SSSR count). The van der Waals surface area contributed by atoms with Gasteiger partial charge >= 0.3 is 0 Å². The molecule has 0 bridgehead atoms. The van der Waals surface area contributed by atoms with E-state index in [0.717, 1.165) is 24.4 Å². The second-order valence-corrected chi connectivity index (χ2v) is 5.10. The van der Waals surface area contributed by atoms with Gasteiger partial charge in [0, 0.05) is 11.4 Å². The summed E-state index contributed by atoms with van der Waals surface area (Å²) < 4.78 is 24.5. The Morgan fingerprint density at radius 1 is 1.36 bits per heavy atom. The molecule has 1 aliphatic rings. The maximum absolute atomic E-state index is 12.6. The van der Waals surface area contributed by atoms with Crippen molar-refractivity contribution in [3.63, 3.8) is 0 Å². The van der Waals surface area contributed by atoms with Crippen molar-refractivity contribution < 1.29 is 8.60 Å². The van der Waals surface area contributed by atoms with Gasteiger partial charge in [-0.25, -0.2) is 4.39 Å². The third-order valence-corrected chi connectivity index (χ3v) is 4.11. The molecular formula is C10H12FNOS. The number of halogens is 1. The lowest BCUT2D eigenvalue weighted by Crippen LogP contribution is -2.18. The summed E-state index contributed by atoms with van der Waals surface area (Å²) in [6, 6.07) is 5.92. The largest absolute Gasteiger partial charge is 0.315 e. The van der Waals surface area contributed by atoms with Crippen LogP contribution < -0.4 is 5.32 Å². The summed E-state index contributed by atoms with van der Waals surface area (Å²) in [5.41, 5.74) is 0. The van der Waals surface area contributed by atoms with E-state index in [1.165, 1.54) is 12.1 Å². The highest BCUT2D eigenvalue weighted by Crippen LogP contribution is 2.16. The minimum absolute atomic E-state index is 0.181. The minimum Gasteiger partial charge on any atom is -0.315 e. The maximum atomic E-state index is 12.6. The molecule has 1 saturated heterocycles. The van der Waals surface area contributed by atoms with Gasteiger partial charge in [-0.05, 0) is 37.2 Å². The fourth-order valence-corrected chi connectivity index (χ4v) is 2.96. The molecule has 1 aromatic carbocycles. The van der Waals surface area contributed by atoms with Gasteiger partial charge in [0.25, 0.3) is 0 Å². The van der Waals surface area contributed by atoms with Crippen molar-refractivity contribution in [2.45, 2.75) is 16.6 Å². The summed E-state index contributed by atoms with van der Waals surface area (Å²) in [5.74, 6) is -0.282. The van der Waals surface area contributed by atoms with E-state index < -0.39 is 10.8 Å². The van der Waals surface area contributed by atoms with E-state index >= 15 is 0 Å². The average molecular weight is 213 g/mol. The zero-order valence-electron chi connectivity index (χ0n) is 7.70. The third kappa shape index (κ3) is 2.01. The predicted molar refractivity (Wildman–Crippen MR) is 54.1 cm³/mol. The summed E-state index contributed by atoms with van der Waals surface area (Å²) in [6.45, 7) is 1.72. The van der Waals surface area contributed by atoms with Crippen molar-refractivity contribution in [2.24, 2.45) is 0 Å². The molecule has 0 aliphatic carbocycles. The topological polar surface area (TPSA) is 29.1 Å². The van der Waals surface area contributed by atoms with Crippen LogP contribution in [0.15, 0.2) is 29.2 Å². The molecule has 1 heterocycles. The molecule has 0 saturated carbocycles. The standard InChI is InChI=1S/C10H12FNOS/c11-8-1-3-9(4-2-8)14(13)10-5-6-12-7-10/h1-4,10,12H,5-7H2/t10-,14+/m0/s1. The molecule has 0 spiro atoms. The molecule has 1 aliphatic heterocycles. The Morgan fingerprint density at radius 3 is 2.64 bits per heavy atom. The van der Waals surface area contributed by atoms with Crippen LogP contribution in [0.4, 0.5) is 4.39 Å². The second-order valence-electron chi connectivity index (χ2n) is 3.37. The first-order valence-electron chi connectivity index (χ1n) is 4.64. The van der Waals surface area contributed by atoms with Crippen LogP contribution in [-0.2, 0) is 10.8 Å². The van der Waals surface area contributed by atoms with E-state index in [-0.39, 0.29) is 11.1 Å². The van der Waals surface area contributed by atoms with E-state index in [2.05, 4.69) is 5.32 Å². The third-order valence-electron chi connectivity index (χ3n) is 2.36. The molecule has 2 nitrogen and oxygen atoms in total. The lowest BCUT2D eigenvalue weighted by molar-refractivity contribution is 0.626. The van der Waals surface area contributed by atoms with Gasteiger partial charge < -0.3 is 5.32 Å². The Kier molecular flexibility index (Phi) is 2.93. The van der Waals surface area contributed by atoms with Crippen molar-refractivity contribution in [3.8, 4) is 0 Å². The highest BCUT2D eigenvalue weighted by atomic mass is 32.2. The van der Waals surface area contributed by atoms with Crippen molar-refractivity contribution in [1.82, 2.24) is 5.32 Å². The van der Waals surface area contributed by atoms with Crippen molar-refractivity contribution in [2.75, 3.05) is 13.1 Å². The molecule has 1 aromatic rings. The lowest BCUT2D eigenvalue weighted by Gasteiger charge is -2.07. The van der Waals surface area contributed by atoms with Gasteiger partial charge in [-0.15, -0.1) is 0 Å². The van der Waals surface area contributed by atoms with Crippen LogP contribution in [-0.4, -0.2) is 22.5 Å². The maximum Gasteiger partial charge on any atom is 0.123 e. The zero-order chi connectivity index (χ0) is 9.97. The molecule has 2 atom stereocenters. The van der Waals surface area contributed by atoms with Crippen LogP contribution in [0.2, 0.25) is 0 Å². The summed E-state index contributed by atoms with van der Waals surface area (Å²) >= 11 is 0. The van der Waals surface area contributed by atoms with Gasteiger partial charge in [-0.3, -0.25) is 4.21 Å².